The lowest BCUT2D eigenvalue weighted by atomic mass is 10.1. The first-order valence-corrected chi connectivity index (χ1v) is 11.1. The van der Waals surface area contributed by atoms with Gasteiger partial charge in [0.1, 0.15) is 0 Å². The van der Waals surface area contributed by atoms with Crippen LogP contribution in [0.5, 0.6) is 0 Å². The number of β-amino-alcohol motifs (C(OH)–C–C–N with tert-alkyl or cyclic N) is 1. The molecule has 0 saturated carbocycles. The number of hydrogen-bond acceptors (Lipinski definition) is 5. The van der Waals surface area contributed by atoms with Crippen LogP contribution in [0.25, 0.3) is 0 Å². The lowest BCUT2D eigenvalue weighted by molar-refractivity contribution is 0.1000. The number of aliphatic hydroxyl groups is 1. The molecule has 1 atom stereocenters. The Hall–Kier alpha value is -3.10. The predicted octanol–water partition coefficient (Wildman–Crippen LogP) is 1.38. The lowest BCUT2D eigenvalue weighted by Crippen LogP contribution is -2.51. The van der Waals surface area contributed by atoms with Crippen LogP contribution < -0.4 is 16.0 Å². The number of benzene rings is 2. The second-order valence-electron chi connectivity index (χ2n) is 8.49. The molecule has 2 aromatic rings. The zero-order valence-corrected chi connectivity index (χ0v) is 18.2. The quantitative estimate of drug-likeness (QED) is 0.634. The summed E-state index contributed by atoms with van der Waals surface area (Å²) in [5.74, 6) is -0.433. The first-order valence-electron chi connectivity index (χ1n) is 11.1. The van der Waals surface area contributed by atoms with Gasteiger partial charge in [-0.1, -0.05) is 24.3 Å². The van der Waals surface area contributed by atoms with Crippen LogP contribution in [0.15, 0.2) is 48.5 Å². The Morgan fingerprint density at radius 1 is 0.969 bits per heavy atom. The summed E-state index contributed by atoms with van der Waals surface area (Å²) in [6.07, 6.45) is 0.585. The lowest BCUT2D eigenvalue weighted by Gasteiger charge is -2.36. The number of anilines is 1. The topological polar surface area (TPSA) is 102 Å². The number of primary amides is 1. The molecule has 0 aromatic heterocycles. The number of likely N-dealkylation sites (tertiary alicyclic amines) is 1. The van der Waals surface area contributed by atoms with Gasteiger partial charge in [0.05, 0.1) is 6.10 Å². The van der Waals surface area contributed by atoms with Gasteiger partial charge in [0.25, 0.3) is 0 Å². The molecule has 0 spiro atoms. The molecule has 2 heterocycles. The number of aliphatic hydroxyl groups excluding tert-OH is 1. The largest absolute Gasteiger partial charge is 0.392 e. The minimum absolute atomic E-state index is 0.0554. The summed E-state index contributed by atoms with van der Waals surface area (Å²) in [6, 6.07) is 15.4. The molecule has 0 radical (unpaired) electrons. The third-order valence-electron chi connectivity index (χ3n) is 6.27. The van der Waals surface area contributed by atoms with Crippen LogP contribution in [0.2, 0.25) is 0 Å². The van der Waals surface area contributed by atoms with Crippen LogP contribution >= 0.6 is 0 Å². The minimum Gasteiger partial charge on any atom is -0.392 e. The summed E-state index contributed by atoms with van der Waals surface area (Å²) in [6.45, 7) is 5.62. The molecular weight excluding hydrogens is 406 g/mol. The molecule has 2 aliphatic rings. The highest BCUT2D eigenvalue weighted by Crippen LogP contribution is 2.18. The summed E-state index contributed by atoms with van der Waals surface area (Å²) >= 11 is 0. The molecule has 8 nitrogen and oxygen atoms in total. The Morgan fingerprint density at radius 2 is 1.66 bits per heavy atom. The van der Waals surface area contributed by atoms with E-state index in [9.17, 15) is 14.7 Å². The van der Waals surface area contributed by atoms with E-state index in [1.54, 1.807) is 12.1 Å². The van der Waals surface area contributed by atoms with Gasteiger partial charge >= 0.3 is 6.03 Å². The van der Waals surface area contributed by atoms with E-state index in [0.29, 0.717) is 31.7 Å². The Morgan fingerprint density at radius 3 is 2.28 bits per heavy atom. The first-order chi connectivity index (χ1) is 15.5. The number of carbonyl (C=O) groups is 2. The average Bonchev–Trinajstić information content (AvgIpc) is 3.23. The van der Waals surface area contributed by atoms with E-state index in [1.807, 2.05) is 29.2 Å². The number of nitrogens with one attached hydrogen (secondary N) is 1. The predicted molar refractivity (Wildman–Crippen MR) is 123 cm³/mol. The highest BCUT2D eigenvalue weighted by atomic mass is 16.3. The van der Waals surface area contributed by atoms with E-state index < -0.39 is 5.91 Å². The van der Waals surface area contributed by atoms with Gasteiger partial charge in [-0.15, -0.1) is 0 Å². The van der Waals surface area contributed by atoms with Crippen LogP contribution in [0.1, 0.15) is 27.9 Å². The maximum absolute atomic E-state index is 12.7. The molecule has 4 rings (SSSR count). The molecular formula is C24H31N5O3. The number of amides is 3. The summed E-state index contributed by atoms with van der Waals surface area (Å²) in [4.78, 5) is 30.3. The molecule has 1 unspecified atom stereocenters. The number of nitrogens with two attached hydrogens (primary N) is 1. The van der Waals surface area contributed by atoms with Crippen LogP contribution in [-0.2, 0) is 13.1 Å². The SMILES string of the molecule is NC(=O)c1ccc(N2CCN(C(=O)NCc3ccccc3CN3CCC(O)C3)CC2)cc1. The number of rotatable bonds is 6. The highest BCUT2D eigenvalue weighted by Gasteiger charge is 2.23. The van der Waals surface area contributed by atoms with Crippen LogP contribution in [0.4, 0.5) is 10.5 Å². The summed E-state index contributed by atoms with van der Waals surface area (Å²) in [5.41, 5.74) is 9.11. The van der Waals surface area contributed by atoms with Crippen molar-refractivity contribution in [3.63, 3.8) is 0 Å². The molecule has 0 bridgehead atoms. The van der Waals surface area contributed by atoms with Crippen molar-refractivity contribution in [2.45, 2.75) is 25.6 Å². The van der Waals surface area contributed by atoms with Gasteiger partial charge in [0.15, 0.2) is 0 Å². The van der Waals surface area contributed by atoms with E-state index >= 15 is 0 Å². The number of nitrogens with zero attached hydrogens (tertiary/aromatic N) is 3. The van der Waals surface area contributed by atoms with Crippen molar-refractivity contribution in [2.75, 3.05) is 44.2 Å². The zero-order valence-electron chi connectivity index (χ0n) is 18.2. The Balaban J connectivity index is 1.27. The molecule has 32 heavy (non-hydrogen) atoms. The third-order valence-corrected chi connectivity index (χ3v) is 6.27. The highest BCUT2D eigenvalue weighted by molar-refractivity contribution is 5.93. The zero-order chi connectivity index (χ0) is 22.5. The molecule has 2 aromatic carbocycles. The summed E-state index contributed by atoms with van der Waals surface area (Å²) < 4.78 is 0. The van der Waals surface area contributed by atoms with Crippen LogP contribution in [-0.4, -0.2) is 72.2 Å². The Bertz CT molecular complexity index is 941. The molecule has 2 aliphatic heterocycles. The van der Waals surface area contributed by atoms with Crippen molar-refractivity contribution >= 4 is 17.6 Å². The minimum atomic E-state index is -0.433. The van der Waals surface area contributed by atoms with Crippen LogP contribution in [0.3, 0.4) is 0 Å². The van der Waals surface area contributed by atoms with Gasteiger partial charge in [-0.25, -0.2) is 4.79 Å². The second kappa shape index (κ2) is 10.0. The summed E-state index contributed by atoms with van der Waals surface area (Å²) in [7, 11) is 0. The Kier molecular flexibility index (Phi) is 6.92. The Labute approximate surface area is 188 Å². The van der Waals surface area contributed by atoms with Gasteiger partial charge in [-0.3, -0.25) is 9.69 Å². The summed E-state index contributed by atoms with van der Waals surface area (Å²) in [5, 5.41) is 12.8. The van der Waals surface area contributed by atoms with E-state index in [-0.39, 0.29) is 12.1 Å². The standard InChI is InChI=1S/C24H31N5O3/c25-23(31)18-5-7-21(8-6-18)28-11-13-29(14-12-28)24(32)26-15-19-3-1-2-4-20(19)16-27-10-9-22(30)17-27/h1-8,22,30H,9-17H2,(H2,25,31)(H,26,32). The molecule has 8 heteroatoms. The van der Waals surface area contributed by atoms with Crippen molar-refractivity contribution in [1.82, 2.24) is 15.1 Å². The number of hydrogen-bond donors (Lipinski definition) is 3. The number of piperazine rings is 1. The maximum atomic E-state index is 12.7. The van der Waals surface area contributed by atoms with Gasteiger partial charge < -0.3 is 26.0 Å². The van der Waals surface area contributed by atoms with E-state index in [4.69, 9.17) is 5.73 Å². The average molecular weight is 438 g/mol. The van der Waals surface area contributed by atoms with Gasteiger partial charge in [0, 0.05) is 63.6 Å². The fraction of sp³-hybridized carbons (Fsp3) is 0.417. The van der Waals surface area contributed by atoms with E-state index in [1.165, 1.54) is 5.56 Å². The molecule has 0 aliphatic carbocycles. The molecule has 170 valence electrons. The van der Waals surface area contributed by atoms with Crippen molar-refractivity contribution in [2.24, 2.45) is 5.73 Å². The van der Waals surface area contributed by atoms with Crippen molar-refractivity contribution in [1.29, 1.82) is 0 Å². The van der Waals surface area contributed by atoms with Crippen LogP contribution in [0, 0.1) is 0 Å². The van der Waals surface area contributed by atoms with Gasteiger partial charge in [-0.2, -0.15) is 0 Å². The van der Waals surface area contributed by atoms with Crippen molar-refractivity contribution in [3.05, 3.63) is 65.2 Å². The number of carbonyl (C=O) groups excluding carboxylic acids is 2. The van der Waals surface area contributed by atoms with Gasteiger partial charge in [-0.05, 0) is 41.8 Å². The first kappa shape index (κ1) is 22.1. The number of urea groups is 1. The normalized spacial score (nSPS) is 19.2. The maximum Gasteiger partial charge on any atom is 0.317 e. The fourth-order valence-corrected chi connectivity index (χ4v) is 4.37. The van der Waals surface area contributed by atoms with Gasteiger partial charge in [0.2, 0.25) is 5.91 Å². The molecule has 2 fully saturated rings. The second-order valence-corrected chi connectivity index (χ2v) is 8.49. The monoisotopic (exact) mass is 437 g/mol. The molecule has 2 saturated heterocycles. The van der Waals surface area contributed by atoms with Crippen molar-refractivity contribution in [3.8, 4) is 0 Å². The third kappa shape index (κ3) is 5.38. The van der Waals surface area contributed by atoms with E-state index in [2.05, 4.69) is 27.2 Å². The smallest absolute Gasteiger partial charge is 0.317 e. The van der Waals surface area contributed by atoms with E-state index in [0.717, 1.165) is 43.9 Å². The molecule has 4 N–H and O–H groups in total. The van der Waals surface area contributed by atoms with Crippen molar-refractivity contribution < 1.29 is 14.7 Å². The molecule has 3 amide bonds. The fourth-order valence-electron chi connectivity index (χ4n) is 4.37.